The van der Waals surface area contributed by atoms with Crippen LogP contribution >= 0.6 is 11.6 Å². The Morgan fingerprint density at radius 3 is 2.68 bits per heavy atom. The maximum atomic E-state index is 11.1. The highest BCUT2D eigenvalue weighted by Gasteiger charge is 2.12. The molecule has 0 fully saturated rings. The number of hydrogen-bond acceptors (Lipinski definition) is 4. The summed E-state index contributed by atoms with van der Waals surface area (Å²) in [6.07, 6.45) is 1.42. The van der Waals surface area contributed by atoms with E-state index in [4.69, 9.17) is 17.3 Å². The molecule has 0 bridgehead atoms. The molecule has 0 saturated carbocycles. The molecule has 6 heteroatoms. The molecule has 1 aromatic carbocycles. The summed E-state index contributed by atoms with van der Waals surface area (Å²) in [5, 5.41) is 3.57. The third-order valence-corrected chi connectivity index (χ3v) is 3.80. The van der Waals surface area contributed by atoms with Crippen molar-refractivity contribution in [3.8, 4) is 0 Å². The summed E-state index contributed by atoms with van der Waals surface area (Å²) >= 11 is 6.11. The van der Waals surface area contributed by atoms with Crippen LogP contribution in [0.1, 0.15) is 17.3 Å². The number of pyridine rings is 1. The number of hydrogen-bond donors (Lipinski definition) is 2. The number of nitrogens with one attached hydrogen (secondary N) is 1. The zero-order valence-corrected chi connectivity index (χ0v) is 13.3. The van der Waals surface area contributed by atoms with E-state index in [9.17, 15) is 4.79 Å². The maximum absolute atomic E-state index is 11.1. The van der Waals surface area contributed by atoms with Gasteiger partial charge in [0.2, 0.25) is 5.91 Å². The molecule has 0 radical (unpaired) electrons. The number of nitrogens with zero attached hydrogens (tertiary/aromatic N) is 2. The molecular formula is C16H19ClN4O. The van der Waals surface area contributed by atoms with Crippen LogP contribution < -0.4 is 16.0 Å². The summed E-state index contributed by atoms with van der Waals surface area (Å²) in [6.45, 7) is 2.76. The van der Waals surface area contributed by atoms with Crippen molar-refractivity contribution >= 4 is 29.0 Å². The van der Waals surface area contributed by atoms with Crippen LogP contribution in [0, 0.1) is 0 Å². The van der Waals surface area contributed by atoms with Gasteiger partial charge in [-0.15, -0.1) is 0 Å². The van der Waals surface area contributed by atoms with Crippen molar-refractivity contribution in [1.82, 2.24) is 4.98 Å². The Hall–Kier alpha value is -2.27. The van der Waals surface area contributed by atoms with Gasteiger partial charge >= 0.3 is 0 Å². The van der Waals surface area contributed by atoms with Gasteiger partial charge in [-0.25, -0.2) is 4.98 Å². The average Bonchev–Trinajstić information content (AvgIpc) is 2.53. The number of nitrogens with two attached hydrogens (primary N) is 1. The highest BCUT2D eigenvalue weighted by molar-refractivity contribution is 6.33. The van der Waals surface area contributed by atoms with E-state index in [1.165, 1.54) is 12.3 Å². The molecule has 22 heavy (non-hydrogen) atoms. The van der Waals surface area contributed by atoms with E-state index in [-0.39, 0.29) is 6.04 Å². The molecule has 0 aliphatic heterocycles. The van der Waals surface area contributed by atoms with Gasteiger partial charge in [0.25, 0.3) is 0 Å². The summed E-state index contributed by atoms with van der Waals surface area (Å²) in [5.74, 6) is -0.00175. The van der Waals surface area contributed by atoms with Crippen molar-refractivity contribution in [2.45, 2.75) is 13.0 Å². The molecule has 0 saturated heterocycles. The molecule has 0 unspecified atom stereocenters. The lowest BCUT2D eigenvalue weighted by Crippen LogP contribution is -2.35. The second-order valence-electron chi connectivity index (χ2n) is 5.10. The number of primary amides is 1. The molecular weight excluding hydrogens is 300 g/mol. The number of para-hydroxylation sites is 1. The van der Waals surface area contributed by atoms with Gasteiger partial charge in [-0.1, -0.05) is 29.8 Å². The average molecular weight is 319 g/mol. The van der Waals surface area contributed by atoms with Crippen molar-refractivity contribution in [3.05, 3.63) is 53.2 Å². The number of carbonyl (C=O) groups excluding carboxylic acids is 1. The fourth-order valence-electron chi connectivity index (χ4n) is 2.00. The molecule has 116 valence electrons. The fourth-order valence-corrected chi connectivity index (χ4v) is 2.23. The number of benzene rings is 1. The van der Waals surface area contributed by atoms with Crippen LogP contribution in [-0.2, 0) is 0 Å². The fraction of sp³-hybridized carbons (Fsp3) is 0.250. The van der Waals surface area contributed by atoms with Crippen molar-refractivity contribution in [2.24, 2.45) is 5.73 Å². The Bertz CT molecular complexity index is 648. The highest BCUT2D eigenvalue weighted by atomic mass is 35.5. The summed E-state index contributed by atoms with van der Waals surface area (Å²) in [6, 6.07) is 11.9. The molecule has 1 aromatic heterocycles. The Kier molecular flexibility index (Phi) is 5.22. The van der Waals surface area contributed by atoms with Gasteiger partial charge in [-0.2, -0.15) is 0 Å². The van der Waals surface area contributed by atoms with Crippen LogP contribution in [0.4, 0.5) is 11.5 Å². The minimum absolute atomic E-state index is 0.232. The second-order valence-corrected chi connectivity index (χ2v) is 5.50. The first-order valence-corrected chi connectivity index (χ1v) is 7.34. The number of aromatic nitrogens is 1. The second kappa shape index (κ2) is 7.13. The summed E-state index contributed by atoms with van der Waals surface area (Å²) in [5.41, 5.74) is 6.63. The Morgan fingerprint density at radius 2 is 2.09 bits per heavy atom. The van der Waals surface area contributed by atoms with Crippen LogP contribution in [-0.4, -0.2) is 30.5 Å². The molecule has 3 N–H and O–H groups in total. The largest absolute Gasteiger partial charge is 0.370 e. The van der Waals surface area contributed by atoms with Crippen LogP contribution in [0.3, 0.4) is 0 Å². The van der Waals surface area contributed by atoms with Gasteiger partial charge in [0.05, 0.1) is 10.6 Å². The third-order valence-electron chi connectivity index (χ3n) is 3.52. The molecule has 1 heterocycles. The topological polar surface area (TPSA) is 71.2 Å². The molecule has 0 spiro atoms. The quantitative estimate of drug-likeness (QED) is 0.859. The Balaban J connectivity index is 1.99. The maximum Gasteiger partial charge on any atom is 0.250 e. The minimum atomic E-state index is -0.543. The smallest absolute Gasteiger partial charge is 0.250 e. The first-order valence-electron chi connectivity index (χ1n) is 6.96. The van der Waals surface area contributed by atoms with Gasteiger partial charge in [0.1, 0.15) is 5.82 Å². The first kappa shape index (κ1) is 16.1. The Labute approximate surface area is 135 Å². The van der Waals surface area contributed by atoms with Crippen molar-refractivity contribution < 1.29 is 4.79 Å². The van der Waals surface area contributed by atoms with Gasteiger partial charge in [-0.3, -0.25) is 4.79 Å². The van der Waals surface area contributed by atoms with Gasteiger partial charge in [-0.05, 0) is 25.1 Å². The first-order chi connectivity index (χ1) is 10.5. The number of amides is 1. The molecule has 2 rings (SSSR count). The van der Waals surface area contributed by atoms with E-state index in [1.807, 2.05) is 25.2 Å². The normalized spacial score (nSPS) is 11.8. The summed E-state index contributed by atoms with van der Waals surface area (Å²) in [4.78, 5) is 17.4. The number of rotatable bonds is 6. The van der Waals surface area contributed by atoms with E-state index in [1.54, 1.807) is 0 Å². The molecule has 5 nitrogen and oxygen atoms in total. The van der Waals surface area contributed by atoms with Crippen molar-refractivity contribution in [2.75, 3.05) is 23.8 Å². The lowest BCUT2D eigenvalue weighted by Gasteiger charge is -2.27. The number of halogens is 1. The van der Waals surface area contributed by atoms with Crippen LogP contribution in [0.2, 0.25) is 5.02 Å². The monoisotopic (exact) mass is 318 g/mol. The predicted molar refractivity (Wildman–Crippen MR) is 90.6 cm³/mol. The number of likely N-dealkylation sites (N-methyl/N-ethyl adjacent to an activating group) is 1. The molecule has 2 aromatic rings. The van der Waals surface area contributed by atoms with E-state index >= 15 is 0 Å². The van der Waals surface area contributed by atoms with Crippen molar-refractivity contribution in [3.63, 3.8) is 0 Å². The van der Waals surface area contributed by atoms with E-state index in [2.05, 4.69) is 34.3 Å². The summed E-state index contributed by atoms with van der Waals surface area (Å²) in [7, 11) is 2.03. The molecule has 0 aliphatic rings. The molecule has 1 atom stereocenters. The predicted octanol–water partition coefficient (Wildman–Crippen LogP) is 2.77. The van der Waals surface area contributed by atoms with Gasteiger partial charge in [0, 0.05) is 31.5 Å². The van der Waals surface area contributed by atoms with E-state index in [0.29, 0.717) is 22.9 Å². The standard InChI is InChI=1S/C16H19ClN4O/c1-11(21(2)13-6-4-3-5-7-13)9-19-16-14(17)8-12(10-20-16)15(18)22/h3-8,10-11H,9H2,1-2H3,(H2,18,22)(H,19,20)/t11-/m0/s1. The third kappa shape index (κ3) is 3.89. The van der Waals surface area contributed by atoms with Gasteiger partial charge < -0.3 is 16.0 Å². The van der Waals surface area contributed by atoms with Gasteiger partial charge in [0.15, 0.2) is 0 Å². The van der Waals surface area contributed by atoms with Crippen LogP contribution in [0.15, 0.2) is 42.6 Å². The lowest BCUT2D eigenvalue weighted by molar-refractivity contribution is 0.1000. The van der Waals surface area contributed by atoms with Crippen molar-refractivity contribution in [1.29, 1.82) is 0 Å². The van der Waals surface area contributed by atoms with E-state index < -0.39 is 5.91 Å². The molecule has 1 amide bonds. The number of carbonyl (C=O) groups is 1. The van der Waals surface area contributed by atoms with Crippen LogP contribution in [0.5, 0.6) is 0 Å². The molecule has 0 aliphatic carbocycles. The zero-order valence-electron chi connectivity index (χ0n) is 12.6. The summed E-state index contributed by atoms with van der Waals surface area (Å²) < 4.78 is 0. The SMILES string of the molecule is C[C@@H](CNc1ncc(C(N)=O)cc1Cl)N(C)c1ccccc1. The van der Waals surface area contributed by atoms with Crippen LogP contribution in [0.25, 0.3) is 0 Å². The van der Waals surface area contributed by atoms with E-state index in [0.717, 1.165) is 5.69 Å². The highest BCUT2D eigenvalue weighted by Crippen LogP contribution is 2.20. The zero-order chi connectivity index (χ0) is 16.1. The Morgan fingerprint density at radius 1 is 1.41 bits per heavy atom. The minimum Gasteiger partial charge on any atom is -0.370 e. The lowest BCUT2D eigenvalue weighted by atomic mass is 10.2. The number of anilines is 2.